The number of carbonyl (C=O) groups is 1. The molecule has 4 rings (SSSR count). The molecule has 0 saturated carbocycles. The second-order valence-electron chi connectivity index (χ2n) is 8.52. The number of ether oxygens (including phenoxy) is 1. The number of nitriles is 1. The molecule has 32 heavy (non-hydrogen) atoms. The van der Waals surface area contributed by atoms with Gasteiger partial charge in [-0.15, -0.1) is 12.4 Å². The number of piperidine rings is 1. The molecule has 170 valence electrons. The Morgan fingerprint density at radius 2 is 1.66 bits per heavy atom. The molecule has 1 saturated heterocycles. The van der Waals surface area contributed by atoms with Gasteiger partial charge in [-0.25, -0.2) is 0 Å². The van der Waals surface area contributed by atoms with Crippen molar-refractivity contribution in [2.75, 3.05) is 39.3 Å². The third-order valence-electron chi connectivity index (χ3n) is 6.36. The van der Waals surface area contributed by atoms with Crippen LogP contribution in [0.1, 0.15) is 52.7 Å². The Morgan fingerprint density at radius 1 is 0.938 bits per heavy atom. The number of rotatable bonds is 6. The normalized spacial score (nSPS) is 16.3. The van der Waals surface area contributed by atoms with Crippen molar-refractivity contribution in [3.63, 3.8) is 0 Å². The summed E-state index contributed by atoms with van der Waals surface area (Å²) in [5.74, 6) is 0.882. The number of halogens is 1. The molecule has 0 N–H and O–H groups in total. The van der Waals surface area contributed by atoms with Crippen LogP contribution in [-0.4, -0.2) is 55.0 Å². The van der Waals surface area contributed by atoms with Gasteiger partial charge in [0.05, 0.1) is 18.2 Å². The Balaban J connectivity index is 0.00000289. The molecule has 1 amide bonds. The van der Waals surface area contributed by atoms with E-state index in [4.69, 9.17) is 10.00 Å². The van der Waals surface area contributed by atoms with Crippen LogP contribution in [0.3, 0.4) is 0 Å². The van der Waals surface area contributed by atoms with Gasteiger partial charge in [-0.05, 0) is 92.7 Å². The molecule has 0 aliphatic carbocycles. The van der Waals surface area contributed by atoms with Crippen molar-refractivity contribution in [2.24, 2.45) is 0 Å². The summed E-state index contributed by atoms with van der Waals surface area (Å²) in [4.78, 5) is 17.4. The van der Waals surface area contributed by atoms with E-state index in [9.17, 15) is 4.79 Å². The summed E-state index contributed by atoms with van der Waals surface area (Å²) in [5.41, 5.74) is 3.81. The van der Waals surface area contributed by atoms with Gasteiger partial charge in [-0.1, -0.05) is 12.5 Å². The lowest BCUT2D eigenvalue weighted by atomic mass is 10.0. The number of hydrogen-bond acceptors (Lipinski definition) is 4. The van der Waals surface area contributed by atoms with Gasteiger partial charge in [0.2, 0.25) is 0 Å². The number of amides is 1. The average Bonchev–Trinajstić information content (AvgIpc) is 3.04. The topological polar surface area (TPSA) is 56.6 Å². The van der Waals surface area contributed by atoms with Gasteiger partial charge in [0.15, 0.2) is 0 Å². The molecule has 2 aliphatic rings. The summed E-state index contributed by atoms with van der Waals surface area (Å²) < 4.78 is 5.88. The van der Waals surface area contributed by atoms with E-state index in [0.29, 0.717) is 30.8 Å². The second kappa shape index (κ2) is 11.9. The predicted octanol–water partition coefficient (Wildman–Crippen LogP) is 4.48. The molecule has 2 aromatic rings. The SMILES string of the molecule is Cl.N#Cc1ccc2c(c1)CCN(C(=O)c1ccc(OCCCN3CCCCC3)cc1)CC2. The molecule has 0 bridgehead atoms. The minimum atomic E-state index is 0. The lowest BCUT2D eigenvalue weighted by molar-refractivity contribution is 0.0763. The van der Waals surface area contributed by atoms with Crippen molar-refractivity contribution in [3.05, 3.63) is 64.7 Å². The predicted molar refractivity (Wildman–Crippen MR) is 129 cm³/mol. The average molecular weight is 454 g/mol. The van der Waals surface area contributed by atoms with E-state index in [2.05, 4.69) is 11.0 Å². The van der Waals surface area contributed by atoms with Crippen molar-refractivity contribution >= 4 is 18.3 Å². The standard InChI is InChI=1S/C26H31N3O2.ClH/c27-20-21-5-6-22-11-16-29(17-12-24(22)19-21)26(30)23-7-9-25(10-8-23)31-18-4-15-28-13-2-1-3-14-28;/h5-10,19H,1-4,11-18H2;1H. The van der Waals surface area contributed by atoms with Crippen LogP contribution in [0.25, 0.3) is 0 Å². The highest BCUT2D eigenvalue weighted by Crippen LogP contribution is 2.20. The van der Waals surface area contributed by atoms with Crippen LogP contribution in [0, 0.1) is 11.3 Å². The van der Waals surface area contributed by atoms with E-state index >= 15 is 0 Å². The molecule has 0 radical (unpaired) electrons. The largest absolute Gasteiger partial charge is 0.494 e. The number of fused-ring (bicyclic) bond motifs is 1. The van der Waals surface area contributed by atoms with Crippen molar-refractivity contribution in [1.82, 2.24) is 9.80 Å². The zero-order chi connectivity index (χ0) is 21.5. The minimum Gasteiger partial charge on any atom is -0.494 e. The Kier molecular flexibility index (Phi) is 8.96. The van der Waals surface area contributed by atoms with E-state index in [1.807, 2.05) is 47.4 Å². The maximum atomic E-state index is 13.0. The van der Waals surface area contributed by atoms with Gasteiger partial charge in [-0.2, -0.15) is 5.26 Å². The second-order valence-corrected chi connectivity index (χ2v) is 8.52. The van der Waals surface area contributed by atoms with Gasteiger partial charge in [-0.3, -0.25) is 4.79 Å². The fourth-order valence-corrected chi connectivity index (χ4v) is 4.54. The van der Waals surface area contributed by atoms with Gasteiger partial charge in [0, 0.05) is 25.2 Å². The zero-order valence-electron chi connectivity index (χ0n) is 18.6. The Bertz CT molecular complexity index is 933. The van der Waals surface area contributed by atoms with Gasteiger partial charge >= 0.3 is 0 Å². The number of carbonyl (C=O) groups excluding carboxylic acids is 1. The Labute approximate surface area is 197 Å². The van der Waals surface area contributed by atoms with E-state index < -0.39 is 0 Å². The highest BCUT2D eigenvalue weighted by molar-refractivity contribution is 5.94. The van der Waals surface area contributed by atoms with Crippen LogP contribution in [-0.2, 0) is 12.8 Å². The Morgan fingerprint density at radius 3 is 2.38 bits per heavy atom. The molecule has 1 fully saturated rings. The first kappa shape index (κ1) is 24.1. The molecule has 6 heteroatoms. The lowest BCUT2D eigenvalue weighted by Gasteiger charge is -2.26. The van der Waals surface area contributed by atoms with Gasteiger partial charge < -0.3 is 14.5 Å². The highest BCUT2D eigenvalue weighted by Gasteiger charge is 2.20. The number of benzene rings is 2. The highest BCUT2D eigenvalue weighted by atomic mass is 35.5. The van der Waals surface area contributed by atoms with Crippen LogP contribution < -0.4 is 4.74 Å². The molecule has 0 atom stereocenters. The lowest BCUT2D eigenvalue weighted by Crippen LogP contribution is -2.33. The molecule has 2 heterocycles. The quantitative estimate of drug-likeness (QED) is 0.605. The summed E-state index contributed by atoms with van der Waals surface area (Å²) in [5, 5.41) is 9.12. The maximum Gasteiger partial charge on any atom is 0.253 e. The fraction of sp³-hybridized carbons (Fsp3) is 0.462. The first-order chi connectivity index (χ1) is 15.2. The van der Waals surface area contributed by atoms with Crippen molar-refractivity contribution < 1.29 is 9.53 Å². The molecule has 0 aromatic heterocycles. The summed E-state index contributed by atoms with van der Waals surface area (Å²) in [7, 11) is 0. The smallest absolute Gasteiger partial charge is 0.253 e. The zero-order valence-corrected chi connectivity index (χ0v) is 19.4. The molecular weight excluding hydrogens is 422 g/mol. The first-order valence-corrected chi connectivity index (χ1v) is 11.5. The summed E-state index contributed by atoms with van der Waals surface area (Å²) in [6.07, 6.45) is 6.65. The van der Waals surface area contributed by atoms with Crippen molar-refractivity contribution in [3.8, 4) is 11.8 Å². The van der Waals surface area contributed by atoms with Crippen LogP contribution in [0.15, 0.2) is 42.5 Å². The molecule has 5 nitrogen and oxygen atoms in total. The van der Waals surface area contributed by atoms with Crippen molar-refractivity contribution in [1.29, 1.82) is 5.26 Å². The minimum absolute atomic E-state index is 0. The molecule has 0 spiro atoms. The number of nitrogens with zero attached hydrogens (tertiary/aromatic N) is 3. The van der Waals surface area contributed by atoms with Crippen LogP contribution in [0.4, 0.5) is 0 Å². The van der Waals surface area contributed by atoms with E-state index in [1.165, 1.54) is 43.5 Å². The van der Waals surface area contributed by atoms with Gasteiger partial charge in [0.25, 0.3) is 5.91 Å². The molecule has 2 aromatic carbocycles. The van der Waals surface area contributed by atoms with Crippen LogP contribution in [0.2, 0.25) is 0 Å². The maximum absolute atomic E-state index is 13.0. The van der Waals surface area contributed by atoms with Crippen LogP contribution >= 0.6 is 12.4 Å². The van der Waals surface area contributed by atoms with Crippen LogP contribution in [0.5, 0.6) is 5.75 Å². The molecule has 2 aliphatic heterocycles. The van der Waals surface area contributed by atoms with E-state index in [-0.39, 0.29) is 18.3 Å². The fourth-order valence-electron chi connectivity index (χ4n) is 4.54. The summed E-state index contributed by atoms with van der Waals surface area (Å²) in [6.45, 7) is 5.63. The molecular formula is C26H32ClN3O2. The van der Waals surface area contributed by atoms with Crippen molar-refractivity contribution in [2.45, 2.75) is 38.5 Å². The Hall–Kier alpha value is -2.55. The first-order valence-electron chi connectivity index (χ1n) is 11.5. The summed E-state index contributed by atoms with van der Waals surface area (Å²) in [6, 6.07) is 15.6. The van der Waals surface area contributed by atoms with E-state index in [1.54, 1.807) is 0 Å². The third-order valence-corrected chi connectivity index (χ3v) is 6.36. The van der Waals surface area contributed by atoms with E-state index in [0.717, 1.165) is 31.6 Å². The number of likely N-dealkylation sites (tertiary alicyclic amines) is 1. The number of hydrogen-bond donors (Lipinski definition) is 0. The molecule has 0 unspecified atom stereocenters. The third kappa shape index (κ3) is 6.25. The summed E-state index contributed by atoms with van der Waals surface area (Å²) >= 11 is 0. The monoisotopic (exact) mass is 453 g/mol. The van der Waals surface area contributed by atoms with Gasteiger partial charge in [0.1, 0.15) is 5.75 Å².